The average Bonchev–Trinajstić information content (AvgIpc) is 2.74. The van der Waals surface area contributed by atoms with Gasteiger partial charge in [-0.05, 0) is 31.0 Å². The lowest BCUT2D eigenvalue weighted by atomic mass is 10.2. The zero-order valence-electron chi connectivity index (χ0n) is 8.49. The molecule has 0 saturated carbocycles. The van der Waals surface area contributed by atoms with Gasteiger partial charge >= 0.3 is 0 Å². The maximum atomic E-state index is 6.11. The zero-order chi connectivity index (χ0) is 10.7. The first kappa shape index (κ1) is 10.3. The summed E-state index contributed by atoms with van der Waals surface area (Å²) in [5.41, 5.74) is 2.05. The molecule has 0 spiro atoms. The normalized spacial score (nSPS) is 16.5. The number of nitrogens with zero attached hydrogens (tertiary/aromatic N) is 2. The van der Waals surface area contributed by atoms with Gasteiger partial charge in [0.15, 0.2) is 0 Å². The van der Waals surface area contributed by atoms with Crippen LogP contribution >= 0.6 is 11.6 Å². The van der Waals surface area contributed by atoms with Crippen molar-refractivity contribution in [1.82, 2.24) is 0 Å². The van der Waals surface area contributed by atoms with Crippen LogP contribution in [0.5, 0.6) is 0 Å². The highest BCUT2D eigenvalue weighted by molar-refractivity contribution is 6.33. The number of halogens is 1. The van der Waals surface area contributed by atoms with Crippen LogP contribution in [0.2, 0.25) is 5.02 Å². The molecule has 1 aromatic carbocycles. The summed E-state index contributed by atoms with van der Waals surface area (Å²) in [7, 11) is 0. The number of benzene rings is 1. The van der Waals surface area contributed by atoms with Crippen LogP contribution < -0.4 is 10.7 Å². The first-order valence-electron chi connectivity index (χ1n) is 5.09. The minimum absolute atomic E-state index is 0.702. The van der Waals surface area contributed by atoms with E-state index >= 15 is 0 Å². The van der Waals surface area contributed by atoms with Crippen LogP contribution in [0.1, 0.15) is 18.4 Å². The largest absolute Gasteiger partial charge is 0.371 e. The molecule has 1 heterocycles. The van der Waals surface area contributed by atoms with E-state index in [0.29, 0.717) is 5.02 Å². The lowest BCUT2D eigenvalue weighted by Crippen LogP contribution is -2.17. The second-order valence-corrected chi connectivity index (χ2v) is 4.09. The molecule has 1 aromatic rings. The molecule has 0 unspecified atom stereocenters. The fourth-order valence-corrected chi connectivity index (χ4v) is 2.10. The van der Waals surface area contributed by atoms with Crippen molar-refractivity contribution in [3.05, 3.63) is 28.8 Å². The summed E-state index contributed by atoms with van der Waals surface area (Å²) in [5, 5.41) is 4.17. The van der Waals surface area contributed by atoms with Crippen molar-refractivity contribution in [2.45, 2.75) is 12.8 Å². The van der Waals surface area contributed by atoms with E-state index in [1.54, 1.807) is 6.21 Å². The van der Waals surface area contributed by atoms with Crippen molar-refractivity contribution in [2.75, 3.05) is 18.0 Å². The van der Waals surface area contributed by atoms with Crippen molar-refractivity contribution in [2.24, 2.45) is 10.9 Å². The van der Waals surface area contributed by atoms with Gasteiger partial charge in [-0.2, -0.15) is 5.10 Å². The number of hydrazone groups is 1. The van der Waals surface area contributed by atoms with Crippen LogP contribution in [0.25, 0.3) is 0 Å². The third kappa shape index (κ3) is 2.23. The second kappa shape index (κ2) is 4.53. The molecule has 0 atom stereocenters. The predicted molar refractivity (Wildman–Crippen MR) is 64.7 cm³/mol. The van der Waals surface area contributed by atoms with Gasteiger partial charge in [0.2, 0.25) is 0 Å². The molecule has 15 heavy (non-hydrogen) atoms. The van der Waals surface area contributed by atoms with E-state index in [9.17, 15) is 0 Å². The Hall–Kier alpha value is -1.22. The monoisotopic (exact) mass is 223 g/mol. The second-order valence-electron chi connectivity index (χ2n) is 3.68. The Labute approximate surface area is 94.5 Å². The molecule has 4 heteroatoms. The Morgan fingerprint density at radius 1 is 1.33 bits per heavy atom. The van der Waals surface area contributed by atoms with Gasteiger partial charge in [-0.15, -0.1) is 0 Å². The highest BCUT2D eigenvalue weighted by atomic mass is 35.5. The van der Waals surface area contributed by atoms with Crippen molar-refractivity contribution in [1.29, 1.82) is 0 Å². The molecule has 1 fully saturated rings. The molecule has 2 rings (SSSR count). The van der Waals surface area contributed by atoms with Crippen LogP contribution in [-0.4, -0.2) is 19.3 Å². The third-order valence-electron chi connectivity index (χ3n) is 2.67. The molecule has 0 radical (unpaired) electrons. The molecular formula is C11H14ClN3. The maximum Gasteiger partial charge on any atom is 0.0553 e. The smallest absolute Gasteiger partial charge is 0.0553 e. The van der Waals surface area contributed by atoms with Gasteiger partial charge < -0.3 is 10.7 Å². The van der Waals surface area contributed by atoms with Crippen LogP contribution in [0.3, 0.4) is 0 Å². The molecule has 80 valence electrons. The molecule has 1 aliphatic heterocycles. The molecule has 0 amide bonds. The number of rotatable bonds is 2. The van der Waals surface area contributed by atoms with Gasteiger partial charge in [0.25, 0.3) is 0 Å². The van der Waals surface area contributed by atoms with Gasteiger partial charge in [0.1, 0.15) is 0 Å². The van der Waals surface area contributed by atoms with E-state index in [4.69, 9.17) is 17.4 Å². The molecule has 1 saturated heterocycles. The fourth-order valence-electron chi connectivity index (χ4n) is 1.87. The van der Waals surface area contributed by atoms with E-state index < -0.39 is 0 Å². The Morgan fingerprint density at radius 3 is 2.67 bits per heavy atom. The molecule has 0 aromatic heterocycles. The van der Waals surface area contributed by atoms with Crippen molar-refractivity contribution >= 4 is 23.5 Å². The number of anilines is 1. The first-order valence-corrected chi connectivity index (χ1v) is 5.47. The van der Waals surface area contributed by atoms with Gasteiger partial charge in [-0.3, -0.25) is 0 Å². The van der Waals surface area contributed by atoms with Crippen LogP contribution in [0.4, 0.5) is 5.69 Å². The number of hydrogen-bond donors (Lipinski definition) is 1. The summed E-state index contributed by atoms with van der Waals surface area (Å²) in [4.78, 5) is 2.34. The topological polar surface area (TPSA) is 41.6 Å². The van der Waals surface area contributed by atoms with Gasteiger partial charge in [0, 0.05) is 24.3 Å². The third-order valence-corrected chi connectivity index (χ3v) is 3.00. The molecule has 0 bridgehead atoms. The number of hydrogen-bond acceptors (Lipinski definition) is 3. The Balaban J connectivity index is 2.24. The minimum atomic E-state index is 0.702. The van der Waals surface area contributed by atoms with Crippen LogP contribution in [0, 0.1) is 0 Å². The Bertz CT molecular complexity index is 370. The highest BCUT2D eigenvalue weighted by Gasteiger charge is 2.12. The van der Waals surface area contributed by atoms with E-state index in [2.05, 4.69) is 16.1 Å². The molecule has 0 aliphatic carbocycles. The number of nitrogens with two attached hydrogens (primary N) is 1. The van der Waals surface area contributed by atoms with E-state index in [1.165, 1.54) is 18.5 Å². The minimum Gasteiger partial charge on any atom is -0.371 e. The molecule has 1 aliphatic rings. The Morgan fingerprint density at radius 2 is 2.07 bits per heavy atom. The van der Waals surface area contributed by atoms with E-state index in [1.807, 2.05) is 12.1 Å². The summed E-state index contributed by atoms with van der Waals surface area (Å²) in [6.45, 7) is 2.25. The fraction of sp³-hybridized carbons (Fsp3) is 0.364. The lowest BCUT2D eigenvalue weighted by molar-refractivity contribution is 0.949. The average molecular weight is 224 g/mol. The quantitative estimate of drug-likeness (QED) is 0.475. The van der Waals surface area contributed by atoms with Crippen molar-refractivity contribution in [3.63, 3.8) is 0 Å². The predicted octanol–water partition coefficient (Wildman–Crippen LogP) is 2.23. The lowest BCUT2D eigenvalue weighted by Gasteiger charge is -2.18. The summed E-state index contributed by atoms with van der Waals surface area (Å²) in [6.07, 6.45) is 4.10. The summed E-state index contributed by atoms with van der Waals surface area (Å²) < 4.78 is 0. The van der Waals surface area contributed by atoms with Crippen molar-refractivity contribution in [3.8, 4) is 0 Å². The summed E-state index contributed by atoms with van der Waals surface area (Å²) in [6, 6.07) is 5.99. The van der Waals surface area contributed by atoms with Gasteiger partial charge in [-0.25, -0.2) is 0 Å². The summed E-state index contributed by atoms with van der Waals surface area (Å²) >= 11 is 6.11. The SMILES string of the molecule is NN=Cc1ccc(N2CCCC2)cc1Cl. The van der Waals surface area contributed by atoms with Gasteiger partial charge in [-0.1, -0.05) is 11.6 Å². The van der Waals surface area contributed by atoms with Crippen LogP contribution in [-0.2, 0) is 0 Å². The zero-order valence-corrected chi connectivity index (χ0v) is 9.24. The standard InChI is InChI=1S/C11H14ClN3/c12-11-7-10(15-5-1-2-6-15)4-3-9(11)8-14-13/h3-4,7-8H,1-2,5-6,13H2. The van der Waals surface area contributed by atoms with Crippen LogP contribution in [0.15, 0.2) is 23.3 Å². The van der Waals surface area contributed by atoms with Crippen molar-refractivity contribution < 1.29 is 0 Å². The van der Waals surface area contributed by atoms with E-state index in [-0.39, 0.29) is 0 Å². The maximum absolute atomic E-state index is 6.11. The summed E-state index contributed by atoms with van der Waals surface area (Å²) in [5.74, 6) is 5.09. The molecular weight excluding hydrogens is 210 g/mol. The molecule has 3 nitrogen and oxygen atoms in total. The Kier molecular flexibility index (Phi) is 3.11. The van der Waals surface area contributed by atoms with Gasteiger partial charge in [0.05, 0.1) is 11.2 Å². The first-order chi connectivity index (χ1) is 7.31. The highest BCUT2D eigenvalue weighted by Crippen LogP contribution is 2.25. The molecule has 2 N–H and O–H groups in total. The van der Waals surface area contributed by atoms with E-state index in [0.717, 1.165) is 18.7 Å².